The normalized spacial score (nSPS) is 11.6. The van der Waals surface area contributed by atoms with E-state index in [9.17, 15) is 13.2 Å². The first-order valence-corrected chi connectivity index (χ1v) is 10.1. The van der Waals surface area contributed by atoms with Crippen LogP contribution in [0.2, 0.25) is 0 Å². The number of aromatic nitrogens is 1. The van der Waals surface area contributed by atoms with Gasteiger partial charge in [-0.25, -0.2) is 13.6 Å². The number of para-hydroxylation sites is 1. The molecule has 1 heterocycles. The smallest absolute Gasteiger partial charge is 0.270 e. The first-order chi connectivity index (χ1) is 12.8. The third kappa shape index (κ3) is 3.81. The Labute approximate surface area is 158 Å². The molecular weight excluding hydrogens is 364 g/mol. The summed E-state index contributed by atoms with van der Waals surface area (Å²) in [4.78, 5) is 12.8. The zero-order valence-corrected chi connectivity index (χ0v) is 15.8. The zero-order chi connectivity index (χ0) is 19.6. The first kappa shape index (κ1) is 18.9. The van der Waals surface area contributed by atoms with Crippen molar-refractivity contribution in [1.82, 2.24) is 9.88 Å². The number of sulfonamides is 1. The summed E-state index contributed by atoms with van der Waals surface area (Å²) in [6, 6.07) is 13.7. The van der Waals surface area contributed by atoms with Crippen LogP contribution in [-0.4, -0.2) is 18.9 Å². The van der Waals surface area contributed by atoms with Gasteiger partial charge in [-0.3, -0.25) is 4.79 Å². The highest BCUT2D eigenvalue weighted by Crippen LogP contribution is 2.28. The Kier molecular flexibility index (Phi) is 5.20. The van der Waals surface area contributed by atoms with Crippen LogP contribution in [0.15, 0.2) is 53.4 Å². The number of nitrogens with one attached hydrogen (secondary N) is 1. The Bertz CT molecular complexity index is 1090. The van der Waals surface area contributed by atoms with Crippen molar-refractivity contribution < 1.29 is 13.2 Å². The number of hydrogen-bond donors (Lipinski definition) is 3. The molecule has 1 amide bonds. The summed E-state index contributed by atoms with van der Waals surface area (Å²) in [6.45, 7) is 2.97. The van der Waals surface area contributed by atoms with Crippen LogP contribution in [0.4, 0.5) is 5.69 Å². The predicted molar refractivity (Wildman–Crippen MR) is 106 cm³/mol. The molecule has 5 N–H and O–H groups in total. The fourth-order valence-corrected chi connectivity index (χ4v) is 3.61. The topological polar surface area (TPSA) is 120 Å². The van der Waals surface area contributed by atoms with Crippen LogP contribution in [0.1, 0.15) is 29.4 Å². The number of benzene rings is 2. The van der Waals surface area contributed by atoms with Gasteiger partial charge < -0.3 is 15.6 Å². The second-order valence-electron chi connectivity index (χ2n) is 6.30. The van der Waals surface area contributed by atoms with Crippen molar-refractivity contribution in [3.05, 3.63) is 59.8 Å². The number of nitrogen functional groups attached to an aromatic ring is 1. The third-order valence-electron chi connectivity index (χ3n) is 4.38. The van der Waals surface area contributed by atoms with Crippen molar-refractivity contribution in [3.63, 3.8) is 0 Å². The highest BCUT2D eigenvalue weighted by atomic mass is 32.2. The van der Waals surface area contributed by atoms with Crippen molar-refractivity contribution in [1.29, 1.82) is 0 Å². The number of carbonyl (C=O) groups excluding carboxylic acids is 1. The number of nitrogens with two attached hydrogens (primary N) is 2. The molecule has 0 aliphatic rings. The molecule has 0 spiro atoms. The lowest BCUT2D eigenvalue weighted by molar-refractivity contribution is 0.0943. The molecule has 0 aliphatic heterocycles. The molecule has 7 nitrogen and oxygen atoms in total. The Balaban J connectivity index is 1.84. The van der Waals surface area contributed by atoms with E-state index < -0.39 is 10.0 Å². The van der Waals surface area contributed by atoms with E-state index >= 15 is 0 Å². The molecule has 0 atom stereocenters. The standard InChI is InChI=1S/C19H22N4O3S/c1-2-11-23-16-6-4-3-5-15(16)17(20)18(23)19(24)22-12-13-7-9-14(10-8-13)27(21,25)26/h3-10H,2,11-12,20H2,1H3,(H,22,24)(H2,21,25,26). The number of hydrogen-bond acceptors (Lipinski definition) is 4. The maximum Gasteiger partial charge on any atom is 0.270 e. The van der Waals surface area contributed by atoms with Crippen LogP contribution < -0.4 is 16.2 Å². The number of aryl methyl sites for hydroxylation is 1. The summed E-state index contributed by atoms with van der Waals surface area (Å²) in [5.74, 6) is -0.271. The molecule has 0 saturated heterocycles. The van der Waals surface area contributed by atoms with Gasteiger partial charge in [0.15, 0.2) is 0 Å². The monoisotopic (exact) mass is 386 g/mol. The highest BCUT2D eigenvalue weighted by molar-refractivity contribution is 7.89. The lowest BCUT2D eigenvalue weighted by atomic mass is 10.2. The summed E-state index contributed by atoms with van der Waals surface area (Å²) < 4.78 is 24.6. The number of fused-ring (bicyclic) bond motifs is 1. The fraction of sp³-hybridized carbons (Fsp3) is 0.211. The van der Waals surface area contributed by atoms with Crippen molar-refractivity contribution in [2.24, 2.45) is 5.14 Å². The fourth-order valence-electron chi connectivity index (χ4n) is 3.09. The van der Waals surface area contributed by atoms with E-state index in [4.69, 9.17) is 10.9 Å². The molecule has 0 saturated carbocycles. The number of rotatable bonds is 6. The van der Waals surface area contributed by atoms with E-state index in [-0.39, 0.29) is 17.3 Å². The summed E-state index contributed by atoms with van der Waals surface area (Å²) in [6.07, 6.45) is 0.868. The Morgan fingerprint density at radius 1 is 1.11 bits per heavy atom. The van der Waals surface area contributed by atoms with Crippen molar-refractivity contribution >= 4 is 32.5 Å². The zero-order valence-electron chi connectivity index (χ0n) is 15.0. The molecule has 0 aliphatic carbocycles. The molecule has 0 radical (unpaired) electrons. The Hall–Kier alpha value is -2.84. The van der Waals surface area contributed by atoms with Crippen LogP contribution >= 0.6 is 0 Å². The molecule has 1 aromatic heterocycles. The van der Waals surface area contributed by atoms with Gasteiger partial charge in [-0.2, -0.15) is 0 Å². The van der Waals surface area contributed by atoms with Gasteiger partial charge in [0.1, 0.15) is 5.69 Å². The molecule has 0 fully saturated rings. The molecule has 142 valence electrons. The van der Waals surface area contributed by atoms with Gasteiger partial charge in [0, 0.05) is 18.5 Å². The Morgan fingerprint density at radius 3 is 2.41 bits per heavy atom. The molecule has 3 rings (SSSR count). The molecule has 3 aromatic rings. The van der Waals surface area contributed by atoms with Crippen LogP contribution in [0.25, 0.3) is 10.9 Å². The van der Waals surface area contributed by atoms with E-state index in [1.165, 1.54) is 12.1 Å². The van der Waals surface area contributed by atoms with Gasteiger partial charge in [0.2, 0.25) is 10.0 Å². The number of amides is 1. The molecule has 8 heteroatoms. The lowest BCUT2D eigenvalue weighted by Crippen LogP contribution is -2.26. The maximum atomic E-state index is 12.8. The molecular formula is C19H22N4O3S. The number of primary sulfonamides is 1. The summed E-state index contributed by atoms with van der Waals surface area (Å²) in [7, 11) is -3.73. The van der Waals surface area contributed by atoms with Gasteiger partial charge in [0.05, 0.1) is 16.1 Å². The van der Waals surface area contributed by atoms with Crippen molar-refractivity contribution in [3.8, 4) is 0 Å². The number of nitrogens with zero attached hydrogens (tertiary/aromatic N) is 1. The number of anilines is 1. The van der Waals surface area contributed by atoms with E-state index in [0.29, 0.717) is 17.9 Å². The summed E-state index contributed by atoms with van der Waals surface area (Å²) in [5.41, 5.74) is 8.84. The average Bonchev–Trinajstić information content (AvgIpc) is 2.92. The van der Waals surface area contributed by atoms with Gasteiger partial charge in [0.25, 0.3) is 5.91 Å². The molecule has 0 unspecified atom stereocenters. The van der Waals surface area contributed by atoms with Gasteiger partial charge in [-0.1, -0.05) is 37.3 Å². The van der Waals surface area contributed by atoms with Crippen molar-refractivity contribution in [2.45, 2.75) is 31.3 Å². The van der Waals surface area contributed by atoms with Crippen LogP contribution in [-0.2, 0) is 23.1 Å². The third-order valence-corrected chi connectivity index (χ3v) is 5.31. The van der Waals surface area contributed by atoms with E-state index in [0.717, 1.165) is 22.9 Å². The van der Waals surface area contributed by atoms with Crippen LogP contribution in [0.3, 0.4) is 0 Å². The SMILES string of the molecule is CCCn1c(C(=O)NCc2ccc(S(N)(=O)=O)cc2)c(N)c2ccccc21. The molecule has 2 aromatic carbocycles. The Morgan fingerprint density at radius 2 is 1.78 bits per heavy atom. The van der Waals surface area contributed by atoms with Crippen LogP contribution in [0, 0.1) is 0 Å². The van der Waals surface area contributed by atoms with Gasteiger partial charge in [-0.05, 0) is 30.2 Å². The quantitative estimate of drug-likeness (QED) is 0.601. The minimum atomic E-state index is -3.73. The summed E-state index contributed by atoms with van der Waals surface area (Å²) in [5, 5.41) is 8.80. The largest absolute Gasteiger partial charge is 0.396 e. The minimum Gasteiger partial charge on any atom is -0.396 e. The highest BCUT2D eigenvalue weighted by Gasteiger charge is 2.20. The summed E-state index contributed by atoms with van der Waals surface area (Å²) >= 11 is 0. The lowest BCUT2D eigenvalue weighted by Gasteiger charge is -2.11. The minimum absolute atomic E-state index is 0.0323. The second kappa shape index (κ2) is 7.42. The maximum absolute atomic E-state index is 12.8. The number of carbonyl (C=O) groups is 1. The van der Waals surface area contributed by atoms with Gasteiger partial charge in [-0.15, -0.1) is 0 Å². The molecule has 0 bridgehead atoms. The van der Waals surface area contributed by atoms with E-state index in [1.807, 2.05) is 35.8 Å². The first-order valence-electron chi connectivity index (χ1n) is 8.59. The molecule has 27 heavy (non-hydrogen) atoms. The van der Waals surface area contributed by atoms with Crippen LogP contribution in [0.5, 0.6) is 0 Å². The van der Waals surface area contributed by atoms with Crippen molar-refractivity contribution in [2.75, 3.05) is 5.73 Å². The predicted octanol–water partition coefficient (Wildman–Crippen LogP) is 2.21. The van der Waals surface area contributed by atoms with E-state index in [2.05, 4.69) is 5.32 Å². The average molecular weight is 386 g/mol. The van der Waals surface area contributed by atoms with Gasteiger partial charge >= 0.3 is 0 Å². The van der Waals surface area contributed by atoms with E-state index in [1.54, 1.807) is 12.1 Å². The second-order valence-corrected chi connectivity index (χ2v) is 7.86.